The zero-order valence-corrected chi connectivity index (χ0v) is 10.7. The molecule has 16 heavy (non-hydrogen) atoms. The quantitative estimate of drug-likeness (QED) is 0.723. The Morgan fingerprint density at radius 3 is 2.38 bits per heavy atom. The van der Waals surface area contributed by atoms with Crippen LogP contribution in [0.1, 0.15) is 32.8 Å². The van der Waals surface area contributed by atoms with Gasteiger partial charge in [-0.2, -0.15) is 0 Å². The van der Waals surface area contributed by atoms with Gasteiger partial charge in [0.2, 0.25) is 0 Å². The molecule has 1 heteroatoms. The second-order valence-corrected chi connectivity index (χ2v) is 4.15. The first-order valence-corrected chi connectivity index (χ1v) is 6.26. The van der Waals surface area contributed by atoms with Crippen LogP contribution in [0.15, 0.2) is 36.9 Å². The van der Waals surface area contributed by atoms with E-state index in [1.165, 1.54) is 17.7 Å². The lowest BCUT2D eigenvalue weighted by Crippen LogP contribution is -2.17. The fraction of sp³-hybridized carbons (Fsp3) is 0.467. The van der Waals surface area contributed by atoms with Crippen molar-refractivity contribution in [3.63, 3.8) is 0 Å². The lowest BCUT2D eigenvalue weighted by Gasteiger charge is -2.20. The molecular weight excluding hydrogens is 194 g/mol. The maximum absolute atomic E-state index is 4.17. The van der Waals surface area contributed by atoms with E-state index in [1.807, 2.05) is 19.9 Å². The van der Waals surface area contributed by atoms with Gasteiger partial charge in [-0.3, -0.25) is 0 Å². The number of hydrogen-bond donors (Lipinski definition) is 0. The molecule has 1 heterocycles. The molecule has 1 aliphatic heterocycles. The first-order chi connectivity index (χ1) is 7.77. The molecule has 88 valence electrons. The van der Waals surface area contributed by atoms with E-state index in [0.29, 0.717) is 0 Å². The molecule has 0 N–H and O–H groups in total. The molecule has 1 nitrogen and oxygen atoms in total. The van der Waals surface area contributed by atoms with Crippen LogP contribution in [0.4, 0.5) is 0 Å². The van der Waals surface area contributed by atoms with Crippen LogP contribution < -0.4 is 0 Å². The minimum Gasteiger partial charge on any atom is -0.371 e. The van der Waals surface area contributed by atoms with Crippen LogP contribution in [0.3, 0.4) is 0 Å². The summed E-state index contributed by atoms with van der Waals surface area (Å²) in [6.45, 7) is 12.8. The molecule has 1 aliphatic rings. The number of likely N-dealkylation sites (tertiary alicyclic amines) is 1. The second-order valence-electron chi connectivity index (χ2n) is 4.15. The first kappa shape index (κ1) is 12.8. The van der Waals surface area contributed by atoms with E-state index in [1.54, 1.807) is 0 Å². The minimum atomic E-state index is 0.815. The highest BCUT2D eigenvalue weighted by molar-refractivity contribution is 5.61. The first-order valence-electron chi connectivity index (χ1n) is 6.26. The van der Waals surface area contributed by atoms with Crippen molar-refractivity contribution in [1.29, 1.82) is 0 Å². The van der Waals surface area contributed by atoms with E-state index in [2.05, 4.69) is 42.7 Å². The van der Waals surface area contributed by atoms with Crippen LogP contribution in [0.5, 0.6) is 0 Å². The summed E-state index contributed by atoms with van der Waals surface area (Å²) in [4.78, 5) is 2.39. The average molecular weight is 217 g/mol. The summed E-state index contributed by atoms with van der Waals surface area (Å²) in [6.07, 6.45) is 1.30. The molecule has 0 aliphatic carbocycles. The average Bonchev–Trinajstić information content (AvgIpc) is 2.79. The van der Waals surface area contributed by atoms with Gasteiger partial charge in [0.25, 0.3) is 0 Å². The standard InChI is InChI=1S/C13H17N.C2H6/c1-11-8-9-14(10-11)12(2)13-6-4-3-5-7-13;1-2/h3-7,11H,2,8-10H2,1H3;1-2H3/t11-;/m1./s1. The zero-order valence-electron chi connectivity index (χ0n) is 10.7. The molecular formula is C15H23N. The monoisotopic (exact) mass is 217 g/mol. The Morgan fingerprint density at radius 1 is 1.25 bits per heavy atom. The van der Waals surface area contributed by atoms with Crippen molar-refractivity contribution in [3.8, 4) is 0 Å². The fourth-order valence-corrected chi connectivity index (χ4v) is 1.99. The number of benzene rings is 1. The second kappa shape index (κ2) is 6.37. The van der Waals surface area contributed by atoms with Crippen molar-refractivity contribution in [2.24, 2.45) is 5.92 Å². The van der Waals surface area contributed by atoms with Gasteiger partial charge >= 0.3 is 0 Å². The lowest BCUT2D eigenvalue weighted by molar-refractivity contribution is 0.472. The maximum atomic E-state index is 4.17. The molecule has 1 atom stereocenters. The molecule has 1 fully saturated rings. The third-order valence-electron chi connectivity index (χ3n) is 2.91. The Bertz CT molecular complexity index is 315. The molecule has 0 radical (unpaired) electrons. The third kappa shape index (κ3) is 3.13. The highest BCUT2D eigenvalue weighted by Crippen LogP contribution is 2.24. The molecule has 0 aromatic heterocycles. The Kier molecular flexibility index (Phi) is 5.10. The Balaban J connectivity index is 0.000000606. The van der Waals surface area contributed by atoms with Crippen LogP contribution >= 0.6 is 0 Å². The van der Waals surface area contributed by atoms with E-state index in [0.717, 1.165) is 19.0 Å². The van der Waals surface area contributed by atoms with Crippen LogP contribution in [-0.2, 0) is 0 Å². The van der Waals surface area contributed by atoms with E-state index in [4.69, 9.17) is 0 Å². The SMILES string of the molecule is C=C(c1ccccc1)N1CC[C@@H](C)C1.CC. The van der Waals surface area contributed by atoms with Gasteiger partial charge in [-0.15, -0.1) is 0 Å². The van der Waals surface area contributed by atoms with Crippen molar-refractivity contribution < 1.29 is 0 Å². The van der Waals surface area contributed by atoms with Crippen LogP contribution in [0, 0.1) is 5.92 Å². The predicted octanol–water partition coefficient (Wildman–Crippen LogP) is 4.03. The molecule has 1 aromatic rings. The van der Waals surface area contributed by atoms with Crippen molar-refractivity contribution in [3.05, 3.63) is 42.5 Å². The number of hydrogen-bond acceptors (Lipinski definition) is 1. The van der Waals surface area contributed by atoms with Crippen molar-refractivity contribution >= 4 is 5.70 Å². The Hall–Kier alpha value is -1.24. The largest absolute Gasteiger partial charge is 0.371 e. The summed E-state index contributed by atoms with van der Waals surface area (Å²) in [5.74, 6) is 0.815. The Morgan fingerprint density at radius 2 is 1.88 bits per heavy atom. The molecule has 0 spiro atoms. The van der Waals surface area contributed by atoms with Gasteiger partial charge in [-0.05, 0) is 17.9 Å². The van der Waals surface area contributed by atoms with Crippen molar-refractivity contribution in [1.82, 2.24) is 4.90 Å². The molecule has 0 amide bonds. The molecule has 0 saturated carbocycles. The van der Waals surface area contributed by atoms with Crippen LogP contribution in [0.2, 0.25) is 0 Å². The van der Waals surface area contributed by atoms with E-state index < -0.39 is 0 Å². The molecule has 0 bridgehead atoms. The van der Waals surface area contributed by atoms with Gasteiger partial charge in [-0.25, -0.2) is 0 Å². The Labute approximate surface area is 99.8 Å². The molecule has 2 rings (SSSR count). The fourth-order valence-electron chi connectivity index (χ4n) is 1.99. The summed E-state index contributed by atoms with van der Waals surface area (Å²) in [5.41, 5.74) is 2.43. The van der Waals surface area contributed by atoms with Gasteiger partial charge in [0.1, 0.15) is 0 Å². The normalized spacial score (nSPS) is 18.9. The topological polar surface area (TPSA) is 3.24 Å². The number of rotatable bonds is 2. The summed E-state index contributed by atoms with van der Waals surface area (Å²) in [5, 5.41) is 0. The van der Waals surface area contributed by atoms with Crippen molar-refractivity contribution in [2.45, 2.75) is 27.2 Å². The molecule has 0 unspecified atom stereocenters. The van der Waals surface area contributed by atoms with Crippen molar-refractivity contribution in [2.75, 3.05) is 13.1 Å². The maximum Gasteiger partial charge on any atom is 0.0366 e. The predicted molar refractivity (Wildman–Crippen MR) is 72.2 cm³/mol. The third-order valence-corrected chi connectivity index (χ3v) is 2.91. The van der Waals surface area contributed by atoms with Crippen LogP contribution in [0.25, 0.3) is 5.70 Å². The van der Waals surface area contributed by atoms with E-state index >= 15 is 0 Å². The summed E-state index contributed by atoms with van der Waals surface area (Å²) >= 11 is 0. The lowest BCUT2D eigenvalue weighted by atomic mass is 10.1. The van der Waals surface area contributed by atoms with Gasteiger partial charge in [0.15, 0.2) is 0 Å². The van der Waals surface area contributed by atoms with E-state index in [9.17, 15) is 0 Å². The highest BCUT2D eigenvalue weighted by atomic mass is 15.2. The zero-order chi connectivity index (χ0) is 12.0. The summed E-state index contributed by atoms with van der Waals surface area (Å²) in [7, 11) is 0. The summed E-state index contributed by atoms with van der Waals surface area (Å²) in [6, 6.07) is 10.4. The minimum absolute atomic E-state index is 0.815. The highest BCUT2D eigenvalue weighted by Gasteiger charge is 2.19. The van der Waals surface area contributed by atoms with Gasteiger partial charge < -0.3 is 4.90 Å². The molecule has 1 saturated heterocycles. The smallest absolute Gasteiger partial charge is 0.0366 e. The van der Waals surface area contributed by atoms with Crippen LogP contribution in [-0.4, -0.2) is 18.0 Å². The van der Waals surface area contributed by atoms with Gasteiger partial charge in [-0.1, -0.05) is 57.7 Å². The van der Waals surface area contributed by atoms with Gasteiger partial charge in [0.05, 0.1) is 0 Å². The van der Waals surface area contributed by atoms with Gasteiger partial charge in [0, 0.05) is 18.8 Å². The summed E-state index contributed by atoms with van der Waals surface area (Å²) < 4.78 is 0. The molecule has 1 aromatic carbocycles. The van der Waals surface area contributed by atoms with E-state index in [-0.39, 0.29) is 0 Å². The number of nitrogens with zero attached hydrogens (tertiary/aromatic N) is 1.